The summed E-state index contributed by atoms with van der Waals surface area (Å²) < 4.78 is 27.8. The number of nitrogens with zero attached hydrogens (tertiary/aromatic N) is 2. The molecule has 1 unspecified atom stereocenters. The monoisotopic (exact) mass is 468 g/mol. The molecule has 0 bridgehead atoms. The van der Waals surface area contributed by atoms with Crippen LogP contribution in [0.25, 0.3) is 0 Å². The summed E-state index contributed by atoms with van der Waals surface area (Å²) in [6, 6.07) is 16.4. The van der Waals surface area contributed by atoms with Gasteiger partial charge in [-0.25, -0.2) is 8.42 Å². The van der Waals surface area contributed by atoms with E-state index in [4.69, 9.17) is 0 Å². The van der Waals surface area contributed by atoms with Gasteiger partial charge in [-0.15, -0.1) is 11.8 Å². The van der Waals surface area contributed by atoms with Gasteiger partial charge in [0, 0.05) is 35.5 Å². The van der Waals surface area contributed by atoms with Gasteiger partial charge in [0.1, 0.15) is 0 Å². The van der Waals surface area contributed by atoms with Crippen LogP contribution in [0.4, 0.5) is 0 Å². The van der Waals surface area contributed by atoms with Gasteiger partial charge >= 0.3 is 0 Å². The predicted octanol–water partition coefficient (Wildman–Crippen LogP) is 3.46. The number of halogens is 1. The molecule has 1 saturated heterocycles. The lowest BCUT2D eigenvalue weighted by molar-refractivity contribution is -0.131. The summed E-state index contributed by atoms with van der Waals surface area (Å²) in [6.45, 7) is 3.34. The van der Waals surface area contributed by atoms with E-state index in [0.29, 0.717) is 26.2 Å². The topological polar surface area (TPSA) is 57.7 Å². The molecular weight excluding hydrogens is 448 g/mol. The molecule has 1 fully saturated rings. The quantitative estimate of drug-likeness (QED) is 0.630. The molecule has 0 saturated carbocycles. The lowest BCUT2D eigenvalue weighted by Crippen LogP contribution is -2.52. The van der Waals surface area contributed by atoms with Crippen molar-refractivity contribution in [2.75, 3.05) is 26.2 Å². The molecule has 144 valence electrons. The number of carbonyl (C=O) groups is 1. The Bertz CT molecular complexity index is 881. The fourth-order valence-corrected chi connectivity index (χ4v) is 5.57. The lowest BCUT2D eigenvalue weighted by atomic mass is 10.3. The summed E-state index contributed by atoms with van der Waals surface area (Å²) >= 11 is 4.84. The Morgan fingerprint density at radius 1 is 1.00 bits per heavy atom. The zero-order valence-electron chi connectivity index (χ0n) is 14.9. The number of amides is 1. The molecular formula is C19H21BrN2O3S2. The Balaban J connectivity index is 1.59. The van der Waals surface area contributed by atoms with Crippen LogP contribution in [0.5, 0.6) is 0 Å². The number of thioether (sulfide) groups is 1. The van der Waals surface area contributed by atoms with Gasteiger partial charge in [-0.05, 0) is 43.3 Å². The average molecular weight is 469 g/mol. The lowest BCUT2D eigenvalue weighted by Gasteiger charge is -2.35. The summed E-state index contributed by atoms with van der Waals surface area (Å²) in [4.78, 5) is 15.8. The van der Waals surface area contributed by atoms with E-state index in [9.17, 15) is 13.2 Å². The highest BCUT2D eigenvalue weighted by Crippen LogP contribution is 2.25. The largest absolute Gasteiger partial charge is 0.339 e. The summed E-state index contributed by atoms with van der Waals surface area (Å²) in [6.07, 6.45) is 0. The third kappa shape index (κ3) is 4.93. The second-order valence-electron chi connectivity index (χ2n) is 6.26. The predicted molar refractivity (Wildman–Crippen MR) is 111 cm³/mol. The molecule has 1 heterocycles. The van der Waals surface area contributed by atoms with Crippen LogP contribution in [0, 0.1) is 0 Å². The molecule has 0 N–H and O–H groups in total. The summed E-state index contributed by atoms with van der Waals surface area (Å²) in [5.41, 5.74) is 0. The van der Waals surface area contributed by atoms with Gasteiger partial charge in [-0.2, -0.15) is 4.31 Å². The van der Waals surface area contributed by atoms with E-state index in [0.717, 1.165) is 9.37 Å². The van der Waals surface area contributed by atoms with Gasteiger partial charge in [0.25, 0.3) is 0 Å². The summed E-state index contributed by atoms with van der Waals surface area (Å²) in [5.74, 6) is 0.0459. The van der Waals surface area contributed by atoms with Crippen LogP contribution in [0.1, 0.15) is 6.92 Å². The third-order valence-electron chi connectivity index (χ3n) is 4.41. The maximum absolute atomic E-state index is 12.8. The molecule has 27 heavy (non-hydrogen) atoms. The van der Waals surface area contributed by atoms with Crippen LogP contribution in [-0.4, -0.2) is 55.0 Å². The van der Waals surface area contributed by atoms with Crippen molar-refractivity contribution in [3.63, 3.8) is 0 Å². The molecule has 5 nitrogen and oxygen atoms in total. The molecule has 0 aromatic heterocycles. The van der Waals surface area contributed by atoms with E-state index in [1.54, 1.807) is 29.2 Å². The Morgan fingerprint density at radius 3 is 2.19 bits per heavy atom. The minimum Gasteiger partial charge on any atom is -0.339 e. The number of hydrogen-bond acceptors (Lipinski definition) is 4. The highest BCUT2D eigenvalue weighted by atomic mass is 79.9. The van der Waals surface area contributed by atoms with Crippen molar-refractivity contribution >= 4 is 43.6 Å². The van der Waals surface area contributed by atoms with Crippen molar-refractivity contribution in [3.8, 4) is 0 Å². The average Bonchev–Trinajstić information content (AvgIpc) is 2.68. The Hall–Kier alpha value is -1.35. The number of benzene rings is 2. The SMILES string of the molecule is CC(Sc1ccccc1)C(=O)N1CCN(S(=O)(=O)c2ccc(Br)cc2)CC1. The Kier molecular flexibility index (Phi) is 6.62. The molecule has 2 aromatic carbocycles. The molecule has 3 rings (SSSR count). The minimum absolute atomic E-state index is 0.0459. The van der Waals surface area contributed by atoms with Gasteiger partial charge in [0.15, 0.2) is 0 Å². The third-order valence-corrected chi connectivity index (χ3v) is 7.95. The zero-order valence-corrected chi connectivity index (χ0v) is 18.1. The first-order chi connectivity index (χ1) is 12.9. The van der Waals surface area contributed by atoms with Crippen LogP contribution in [-0.2, 0) is 14.8 Å². The molecule has 8 heteroatoms. The Labute approximate surface area is 172 Å². The fraction of sp³-hybridized carbons (Fsp3) is 0.316. The van der Waals surface area contributed by atoms with E-state index in [1.807, 2.05) is 37.3 Å². The van der Waals surface area contributed by atoms with Gasteiger partial charge < -0.3 is 4.90 Å². The molecule has 0 aliphatic carbocycles. The maximum atomic E-state index is 12.8. The highest BCUT2D eigenvalue weighted by molar-refractivity contribution is 9.10. The number of sulfonamides is 1. The van der Waals surface area contributed by atoms with Crippen LogP contribution < -0.4 is 0 Å². The van der Waals surface area contributed by atoms with Gasteiger partial charge in [0.05, 0.1) is 10.1 Å². The van der Waals surface area contributed by atoms with Crippen molar-refractivity contribution in [3.05, 3.63) is 59.1 Å². The smallest absolute Gasteiger partial charge is 0.243 e. The maximum Gasteiger partial charge on any atom is 0.243 e. The first kappa shape index (κ1) is 20.4. The van der Waals surface area contributed by atoms with E-state index in [2.05, 4.69) is 15.9 Å². The number of hydrogen-bond donors (Lipinski definition) is 0. The highest BCUT2D eigenvalue weighted by Gasteiger charge is 2.31. The van der Waals surface area contributed by atoms with Gasteiger partial charge in [0.2, 0.25) is 15.9 Å². The van der Waals surface area contributed by atoms with Crippen molar-refractivity contribution in [2.24, 2.45) is 0 Å². The van der Waals surface area contributed by atoms with Crippen LogP contribution in [0.15, 0.2) is 68.9 Å². The van der Waals surface area contributed by atoms with Crippen molar-refractivity contribution < 1.29 is 13.2 Å². The number of carbonyl (C=O) groups excluding carboxylic acids is 1. The van der Waals surface area contributed by atoms with Crippen molar-refractivity contribution in [2.45, 2.75) is 22.0 Å². The first-order valence-electron chi connectivity index (χ1n) is 8.64. The van der Waals surface area contributed by atoms with Crippen molar-refractivity contribution in [1.29, 1.82) is 0 Å². The van der Waals surface area contributed by atoms with E-state index < -0.39 is 10.0 Å². The van der Waals surface area contributed by atoms with E-state index in [-0.39, 0.29) is 16.1 Å². The Morgan fingerprint density at radius 2 is 1.59 bits per heavy atom. The molecule has 1 aliphatic heterocycles. The van der Waals surface area contributed by atoms with Gasteiger partial charge in [-0.1, -0.05) is 34.1 Å². The molecule has 1 amide bonds. The van der Waals surface area contributed by atoms with Crippen LogP contribution in [0.3, 0.4) is 0 Å². The molecule has 1 aliphatic rings. The van der Waals surface area contributed by atoms with E-state index >= 15 is 0 Å². The fourth-order valence-electron chi connectivity index (χ4n) is 2.92. The molecule has 0 radical (unpaired) electrons. The minimum atomic E-state index is -3.53. The van der Waals surface area contributed by atoms with Crippen molar-refractivity contribution in [1.82, 2.24) is 9.21 Å². The summed E-state index contributed by atoms with van der Waals surface area (Å²) in [5, 5.41) is -0.206. The van der Waals surface area contributed by atoms with Crippen LogP contribution in [0.2, 0.25) is 0 Å². The van der Waals surface area contributed by atoms with E-state index in [1.165, 1.54) is 16.1 Å². The molecule has 1 atom stereocenters. The normalized spacial score (nSPS) is 16.9. The number of rotatable bonds is 5. The summed E-state index contributed by atoms with van der Waals surface area (Å²) in [7, 11) is -3.53. The molecule has 0 spiro atoms. The molecule has 2 aromatic rings. The van der Waals surface area contributed by atoms with Crippen LogP contribution >= 0.6 is 27.7 Å². The first-order valence-corrected chi connectivity index (χ1v) is 11.8. The second kappa shape index (κ2) is 8.77. The second-order valence-corrected chi connectivity index (χ2v) is 10.5. The number of piperazine rings is 1. The zero-order chi connectivity index (χ0) is 19.4. The standard InChI is InChI=1S/C19H21BrN2O3S2/c1-15(26-17-5-3-2-4-6-17)19(23)21-11-13-22(14-12-21)27(24,25)18-9-7-16(20)8-10-18/h2-10,15H,11-14H2,1H3. The van der Waals surface area contributed by atoms with Gasteiger partial charge in [-0.3, -0.25) is 4.79 Å².